The van der Waals surface area contributed by atoms with Gasteiger partial charge in [-0.25, -0.2) is 13.4 Å². The fourth-order valence-electron chi connectivity index (χ4n) is 1.69. The molecule has 0 aliphatic rings. The van der Waals surface area contributed by atoms with Crippen molar-refractivity contribution in [2.45, 2.75) is 11.3 Å². The zero-order valence-electron chi connectivity index (χ0n) is 10.8. The second kappa shape index (κ2) is 6.11. The minimum atomic E-state index is -3.81. The molecule has 0 fully saturated rings. The fourth-order valence-corrected chi connectivity index (χ4v) is 2.84. The van der Waals surface area contributed by atoms with Crippen molar-refractivity contribution in [1.29, 1.82) is 0 Å². The van der Waals surface area contributed by atoms with Gasteiger partial charge in [0.15, 0.2) is 0 Å². The number of aromatic nitrogens is 1. The fraction of sp³-hybridized carbons (Fsp3) is 0.0769. The lowest BCUT2D eigenvalue weighted by molar-refractivity contribution is -0.117. The van der Waals surface area contributed by atoms with Crippen molar-refractivity contribution in [1.82, 2.24) is 4.98 Å². The summed E-state index contributed by atoms with van der Waals surface area (Å²) in [5.74, 6) is -0.546. The summed E-state index contributed by atoms with van der Waals surface area (Å²) >= 11 is 5.63. The van der Waals surface area contributed by atoms with Gasteiger partial charge in [-0.1, -0.05) is 29.8 Å². The van der Waals surface area contributed by atoms with Crippen LogP contribution in [0.25, 0.3) is 0 Å². The number of pyridine rings is 1. The molecule has 0 bridgehead atoms. The maximum Gasteiger partial charge on any atom is 0.263 e. The summed E-state index contributed by atoms with van der Waals surface area (Å²) in [5.41, 5.74) is 5.94. The van der Waals surface area contributed by atoms with Crippen LogP contribution in [0.2, 0.25) is 5.15 Å². The summed E-state index contributed by atoms with van der Waals surface area (Å²) in [7, 11) is -3.81. The lowest BCUT2D eigenvalue weighted by Gasteiger charge is -2.11. The van der Waals surface area contributed by atoms with Crippen LogP contribution in [-0.2, 0) is 21.2 Å². The molecule has 8 heteroatoms. The van der Waals surface area contributed by atoms with Gasteiger partial charge in [0.05, 0.1) is 12.1 Å². The molecular weight excluding hydrogens is 314 g/mol. The lowest BCUT2D eigenvalue weighted by Crippen LogP contribution is -2.18. The van der Waals surface area contributed by atoms with Crippen molar-refractivity contribution in [3.8, 4) is 0 Å². The largest absolute Gasteiger partial charge is 0.369 e. The Bertz CT molecular complexity index is 760. The van der Waals surface area contributed by atoms with Crippen LogP contribution in [0.15, 0.2) is 47.5 Å². The average Bonchev–Trinajstić information content (AvgIpc) is 2.40. The highest BCUT2D eigenvalue weighted by Crippen LogP contribution is 2.20. The van der Waals surface area contributed by atoms with Crippen LogP contribution < -0.4 is 10.5 Å². The van der Waals surface area contributed by atoms with Gasteiger partial charge in [0.1, 0.15) is 10.0 Å². The number of rotatable bonds is 5. The monoisotopic (exact) mass is 325 g/mol. The molecule has 1 heterocycles. The molecule has 6 nitrogen and oxygen atoms in total. The highest BCUT2D eigenvalue weighted by atomic mass is 35.5. The van der Waals surface area contributed by atoms with Crippen LogP contribution in [-0.4, -0.2) is 19.3 Å². The van der Waals surface area contributed by atoms with E-state index in [0.717, 1.165) is 6.20 Å². The van der Waals surface area contributed by atoms with E-state index in [9.17, 15) is 13.2 Å². The molecule has 110 valence electrons. The molecule has 1 aromatic heterocycles. The van der Waals surface area contributed by atoms with Crippen molar-refractivity contribution in [2.75, 3.05) is 4.72 Å². The van der Waals surface area contributed by atoms with Crippen molar-refractivity contribution in [3.05, 3.63) is 53.3 Å². The van der Waals surface area contributed by atoms with E-state index in [4.69, 9.17) is 17.3 Å². The van der Waals surface area contributed by atoms with Gasteiger partial charge < -0.3 is 5.73 Å². The van der Waals surface area contributed by atoms with Gasteiger partial charge in [0.2, 0.25) is 5.91 Å². The smallest absolute Gasteiger partial charge is 0.263 e. The highest BCUT2D eigenvalue weighted by Gasteiger charge is 2.16. The van der Waals surface area contributed by atoms with Gasteiger partial charge in [-0.15, -0.1) is 0 Å². The minimum Gasteiger partial charge on any atom is -0.369 e. The molecule has 0 aliphatic heterocycles. The van der Waals surface area contributed by atoms with E-state index >= 15 is 0 Å². The third kappa shape index (κ3) is 3.93. The Morgan fingerprint density at radius 2 is 1.95 bits per heavy atom. The van der Waals surface area contributed by atoms with Crippen LogP contribution in [0, 0.1) is 0 Å². The first-order chi connectivity index (χ1) is 9.88. The van der Waals surface area contributed by atoms with Crippen molar-refractivity contribution < 1.29 is 13.2 Å². The number of anilines is 1. The molecule has 3 N–H and O–H groups in total. The number of nitrogens with one attached hydrogen (secondary N) is 1. The molecule has 0 saturated heterocycles. The van der Waals surface area contributed by atoms with E-state index in [1.165, 1.54) is 12.1 Å². The second-order valence-electron chi connectivity index (χ2n) is 4.22. The number of hydrogen-bond acceptors (Lipinski definition) is 4. The van der Waals surface area contributed by atoms with Gasteiger partial charge in [0.25, 0.3) is 10.0 Å². The predicted octanol–water partition coefficient (Wildman–Crippen LogP) is 1.56. The number of benzene rings is 1. The Labute approximate surface area is 127 Å². The lowest BCUT2D eigenvalue weighted by atomic mass is 10.1. The Balaban J connectivity index is 2.33. The summed E-state index contributed by atoms with van der Waals surface area (Å²) in [6.07, 6.45) is 1.10. The minimum absolute atomic E-state index is 0.0271. The van der Waals surface area contributed by atoms with Gasteiger partial charge in [0, 0.05) is 6.20 Å². The molecule has 2 rings (SSSR count). The van der Waals surface area contributed by atoms with E-state index in [0.29, 0.717) is 11.3 Å². The van der Waals surface area contributed by atoms with E-state index in [2.05, 4.69) is 9.71 Å². The third-order valence-corrected chi connectivity index (χ3v) is 4.21. The molecule has 0 radical (unpaired) electrons. The highest BCUT2D eigenvalue weighted by molar-refractivity contribution is 7.92. The summed E-state index contributed by atoms with van der Waals surface area (Å²) in [4.78, 5) is 14.7. The van der Waals surface area contributed by atoms with Crippen molar-refractivity contribution >= 4 is 33.2 Å². The summed E-state index contributed by atoms with van der Waals surface area (Å²) in [6, 6.07) is 9.25. The number of sulfonamides is 1. The van der Waals surface area contributed by atoms with Crippen LogP contribution >= 0.6 is 11.6 Å². The number of halogens is 1. The van der Waals surface area contributed by atoms with Gasteiger partial charge >= 0.3 is 0 Å². The Morgan fingerprint density at radius 1 is 1.24 bits per heavy atom. The normalized spacial score (nSPS) is 11.1. The molecular formula is C13H12ClN3O3S. The number of para-hydroxylation sites is 1. The molecule has 0 spiro atoms. The zero-order chi connectivity index (χ0) is 15.5. The first-order valence-corrected chi connectivity index (χ1v) is 7.75. The first kappa shape index (κ1) is 15.3. The number of nitrogens with two attached hydrogens (primary N) is 1. The molecule has 0 atom stereocenters. The molecule has 1 aromatic carbocycles. The first-order valence-electron chi connectivity index (χ1n) is 5.89. The predicted molar refractivity (Wildman–Crippen MR) is 79.4 cm³/mol. The Hall–Kier alpha value is -2.12. The standard InChI is InChI=1S/C13H12ClN3O3S/c14-12-6-5-10(8-16-12)21(19,20)17-11-4-2-1-3-9(11)7-13(15)18/h1-6,8,17H,7H2,(H2,15,18). The third-order valence-electron chi connectivity index (χ3n) is 2.64. The molecule has 2 aromatic rings. The number of hydrogen-bond donors (Lipinski definition) is 2. The maximum atomic E-state index is 12.2. The van der Waals surface area contributed by atoms with Crippen LogP contribution in [0.5, 0.6) is 0 Å². The number of primary amides is 1. The van der Waals surface area contributed by atoms with Crippen LogP contribution in [0.4, 0.5) is 5.69 Å². The summed E-state index contributed by atoms with van der Waals surface area (Å²) in [5, 5.41) is 0.197. The maximum absolute atomic E-state index is 12.2. The van der Waals surface area contributed by atoms with E-state index in [-0.39, 0.29) is 16.5 Å². The van der Waals surface area contributed by atoms with E-state index in [1.807, 2.05) is 0 Å². The number of carbonyl (C=O) groups excluding carboxylic acids is 1. The topological polar surface area (TPSA) is 102 Å². The van der Waals surface area contributed by atoms with E-state index < -0.39 is 15.9 Å². The zero-order valence-corrected chi connectivity index (χ0v) is 12.4. The molecule has 21 heavy (non-hydrogen) atoms. The van der Waals surface area contributed by atoms with Gasteiger partial charge in [-0.3, -0.25) is 9.52 Å². The second-order valence-corrected chi connectivity index (χ2v) is 6.29. The SMILES string of the molecule is NC(=O)Cc1ccccc1NS(=O)(=O)c1ccc(Cl)nc1. The summed E-state index contributed by atoms with van der Waals surface area (Å²) < 4.78 is 26.9. The Kier molecular flexibility index (Phi) is 4.44. The Morgan fingerprint density at radius 3 is 2.57 bits per heavy atom. The molecule has 0 aliphatic carbocycles. The van der Waals surface area contributed by atoms with Crippen molar-refractivity contribution in [3.63, 3.8) is 0 Å². The number of amides is 1. The summed E-state index contributed by atoms with van der Waals surface area (Å²) in [6.45, 7) is 0. The van der Waals surface area contributed by atoms with Crippen molar-refractivity contribution in [2.24, 2.45) is 5.73 Å². The van der Waals surface area contributed by atoms with Gasteiger partial charge in [-0.05, 0) is 23.8 Å². The molecule has 1 amide bonds. The molecule has 0 saturated carbocycles. The quantitative estimate of drug-likeness (QED) is 0.814. The van der Waals surface area contributed by atoms with Gasteiger partial charge in [-0.2, -0.15) is 0 Å². The number of carbonyl (C=O) groups is 1. The van der Waals surface area contributed by atoms with E-state index in [1.54, 1.807) is 24.3 Å². The van der Waals surface area contributed by atoms with Crippen LogP contribution in [0.3, 0.4) is 0 Å². The number of nitrogens with zero attached hydrogens (tertiary/aromatic N) is 1. The van der Waals surface area contributed by atoms with Crippen LogP contribution in [0.1, 0.15) is 5.56 Å². The average molecular weight is 326 g/mol. The molecule has 0 unspecified atom stereocenters.